The maximum Gasteiger partial charge on any atom is 0.191 e. The Morgan fingerprint density at radius 3 is 2.89 bits per heavy atom. The zero-order valence-corrected chi connectivity index (χ0v) is 19.5. The Morgan fingerprint density at radius 2 is 2.14 bits per heavy atom. The van der Waals surface area contributed by atoms with E-state index in [1.165, 1.54) is 5.56 Å². The third-order valence-electron chi connectivity index (χ3n) is 5.00. The van der Waals surface area contributed by atoms with Crippen molar-refractivity contribution in [3.05, 3.63) is 29.8 Å². The molecule has 7 heteroatoms. The highest BCUT2D eigenvalue weighted by Gasteiger charge is 2.33. The van der Waals surface area contributed by atoms with Crippen LogP contribution in [0.2, 0.25) is 0 Å². The highest BCUT2D eigenvalue weighted by molar-refractivity contribution is 14.0. The van der Waals surface area contributed by atoms with Crippen molar-refractivity contribution in [2.75, 3.05) is 33.4 Å². The van der Waals surface area contributed by atoms with Crippen molar-refractivity contribution in [3.63, 3.8) is 0 Å². The lowest BCUT2D eigenvalue weighted by molar-refractivity contribution is 0.0168. The van der Waals surface area contributed by atoms with Gasteiger partial charge in [-0.25, -0.2) is 0 Å². The summed E-state index contributed by atoms with van der Waals surface area (Å²) >= 11 is 0. The first-order valence-corrected chi connectivity index (χ1v) is 10.0. The molecule has 0 aliphatic carbocycles. The normalized spacial score (nSPS) is 23.3. The van der Waals surface area contributed by atoms with Crippen molar-refractivity contribution in [3.8, 4) is 5.75 Å². The molecule has 1 aromatic carbocycles. The average Bonchev–Trinajstić information content (AvgIpc) is 3.16. The highest BCUT2D eigenvalue weighted by atomic mass is 127. The Labute approximate surface area is 185 Å². The molecule has 2 atom stereocenters. The molecule has 2 N–H and O–H groups in total. The van der Waals surface area contributed by atoms with Crippen LogP contribution < -0.4 is 15.4 Å². The van der Waals surface area contributed by atoms with Crippen LogP contribution in [0.3, 0.4) is 0 Å². The molecule has 0 aromatic heterocycles. The molecule has 1 fully saturated rings. The van der Waals surface area contributed by atoms with E-state index < -0.39 is 0 Å². The number of fused-ring (bicyclic) bond motifs is 1. The largest absolute Gasteiger partial charge is 0.487 e. The maximum absolute atomic E-state index is 6.11. The van der Waals surface area contributed by atoms with E-state index in [-0.39, 0.29) is 35.6 Å². The predicted octanol–water partition coefficient (Wildman–Crippen LogP) is 3.66. The summed E-state index contributed by atoms with van der Waals surface area (Å²) in [7, 11) is 1.81. The van der Waals surface area contributed by atoms with Crippen LogP contribution in [0.25, 0.3) is 0 Å². The molecular weight excluding hydrogens is 469 g/mol. The number of rotatable bonds is 7. The Hall–Kier alpha value is -1.06. The molecule has 2 aliphatic rings. The number of benzene rings is 1. The summed E-state index contributed by atoms with van der Waals surface area (Å²) in [4.78, 5) is 4.38. The van der Waals surface area contributed by atoms with Crippen molar-refractivity contribution >= 4 is 29.9 Å². The van der Waals surface area contributed by atoms with Gasteiger partial charge in [0.25, 0.3) is 0 Å². The van der Waals surface area contributed by atoms with Gasteiger partial charge in [0.2, 0.25) is 0 Å². The smallest absolute Gasteiger partial charge is 0.191 e. The number of hydrogen-bond acceptors (Lipinski definition) is 4. The van der Waals surface area contributed by atoms with Crippen LogP contribution in [0.15, 0.2) is 29.3 Å². The summed E-state index contributed by atoms with van der Waals surface area (Å²) in [6, 6.07) is 8.39. The average molecular weight is 503 g/mol. The van der Waals surface area contributed by atoms with Gasteiger partial charge in [-0.15, -0.1) is 24.0 Å². The van der Waals surface area contributed by atoms with E-state index in [1.807, 2.05) is 12.1 Å². The number of aliphatic imine (C=N–C) groups is 1. The number of halogens is 1. The summed E-state index contributed by atoms with van der Waals surface area (Å²) in [5.41, 5.74) is 0.973. The Balaban J connectivity index is 0.00000280. The van der Waals surface area contributed by atoms with Gasteiger partial charge in [-0.3, -0.25) is 4.99 Å². The standard InChI is InChI=1S/C21H33N3O3.HI/c1-21(2)14-18(17-9-4-5-10-19(17)27-21)24-20(22-3)23-11-7-12-25-15-16-8-6-13-26-16;/h4-5,9-10,16,18H,6-8,11-15H2,1-3H3,(H2,22,23,24);1H. The van der Waals surface area contributed by atoms with E-state index in [4.69, 9.17) is 14.2 Å². The van der Waals surface area contributed by atoms with Gasteiger partial charge in [-0.05, 0) is 39.2 Å². The summed E-state index contributed by atoms with van der Waals surface area (Å²) in [6.45, 7) is 7.39. The van der Waals surface area contributed by atoms with E-state index in [9.17, 15) is 0 Å². The summed E-state index contributed by atoms with van der Waals surface area (Å²) < 4.78 is 17.4. The molecule has 0 saturated carbocycles. The fourth-order valence-corrected chi connectivity index (χ4v) is 3.66. The number of para-hydroxylation sites is 1. The summed E-state index contributed by atoms with van der Waals surface area (Å²) in [5, 5.41) is 6.94. The number of nitrogens with one attached hydrogen (secondary N) is 2. The molecule has 28 heavy (non-hydrogen) atoms. The Kier molecular flexibility index (Phi) is 9.30. The Morgan fingerprint density at radius 1 is 1.32 bits per heavy atom. The van der Waals surface area contributed by atoms with Crippen molar-refractivity contribution < 1.29 is 14.2 Å². The third kappa shape index (κ3) is 6.77. The molecule has 158 valence electrons. The van der Waals surface area contributed by atoms with Gasteiger partial charge < -0.3 is 24.8 Å². The molecule has 0 spiro atoms. The molecule has 2 heterocycles. The molecule has 1 saturated heterocycles. The number of hydrogen-bond donors (Lipinski definition) is 2. The predicted molar refractivity (Wildman–Crippen MR) is 123 cm³/mol. The minimum absolute atomic E-state index is 0. The summed E-state index contributed by atoms with van der Waals surface area (Å²) in [6.07, 6.45) is 4.39. The maximum atomic E-state index is 6.11. The molecule has 6 nitrogen and oxygen atoms in total. The highest BCUT2D eigenvalue weighted by Crippen LogP contribution is 2.39. The lowest BCUT2D eigenvalue weighted by Crippen LogP contribution is -2.45. The van der Waals surface area contributed by atoms with Gasteiger partial charge in [0.15, 0.2) is 5.96 Å². The number of ether oxygens (including phenoxy) is 3. The van der Waals surface area contributed by atoms with Crippen LogP contribution in [0.1, 0.15) is 51.1 Å². The Bertz CT molecular complexity index is 633. The number of guanidine groups is 1. The van der Waals surface area contributed by atoms with Gasteiger partial charge in [0.1, 0.15) is 11.4 Å². The first kappa shape index (κ1) is 23.2. The minimum atomic E-state index is -0.207. The van der Waals surface area contributed by atoms with Crippen molar-refractivity contribution in [2.45, 2.75) is 57.3 Å². The van der Waals surface area contributed by atoms with Crippen LogP contribution in [-0.4, -0.2) is 51.1 Å². The first-order chi connectivity index (χ1) is 13.1. The lowest BCUT2D eigenvalue weighted by Gasteiger charge is -2.38. The van der Waals surface area contributed by atoms with Gasteiger partial charge in [-0.2, -0.15) is 0 Å². The van der Waals surface area contributed by atoms with Crippen LogP contribution in [0.5, 0.6) is 5.75 Å². The van der Waals surface area contributed by atoms with Gasteiger partial charge >= 0.3 is 0 Å². The zero-order valence-electron chi connectivity index (χ0n) is 17.2. The minimum Gasteiger partial charge on any atom is -0.487 e. The SMILES string of the molecule is CN=C(NCCCOCC1CCCO1)NC1CC(C)(C)Oc2ccccc21.I. The second-order valence-corrected chi connectivity index (χ2v) is 7.86. The molecule has 0 amide bonds. The van der Waals surface area contributed by atoms with Gasteiger partial charge in [-0.1, -0.05) is 18.2 Å². The number of nitrogens with zero attached hydrogens (tertiary/aromatic N) is 1. The van der Waals surface area contributed by atoms with E-state index in [0.29, 0.717) is 12.7 Å². The zero-order chi connectivity index (χ0) is 19.1. The van der Waals surface area contributed by atoms with E-state index in [2.05, 4.69) is 41.6 Å². The topological polar surface area (TPSA) is 64.1 Å². The van der Waals surface area contributed by atoms with E-state index >= 15 is 0 Å². The van der Waals surface area contributed by atoms with Gasteiger partial charge in [0.05, 0.1) is 18.8 Å². The quantitative estimate of drug-likeness (QED) is 0.258. The van der Waals surface area contributed by atoms with Crippen LogP contribution in [0, 0.1) is 0 Å². The van der Waals surface area contributed by atoms with E-state index in [0.717, 1.165) is 57.2 Å². The third-order valence-corrected chi connectivity index (χ3v) is 5.00. The van der Waals surface area contributed by atoms with Crippen LogP contribution in [0.4, 0.5) is 0 Å². The van der Waals surface area contributed by atoms with Crippen LogP contribution >= 0.6 is 24.0 Å². The molecule has 3 rings (SSSR count). The van der Waals surface area contributed by atoms with Crippen molar-refractivity contribution in [1.82, 2.24) is 10.6 Å². The van der Waals surface area contributed by atoms with Crippen molar-refractivity contribution in [2.24, 2.45) is 4.99 Å². The fraction of sp³-hybridized carbons (Fsp3) is 0.667. The van der Waals surface area contributed by atoms with Gasteiger partial charge in [0, 0.05) is 38.8 Å². The second kappa shape index (κ2) is 11.2. The molecular formula is C21H34IN3O3. The lowest BCUT2D eigenvalue weighted by atomic mass is 9.90. The molecule has 2 unspecified atom stereocenters. The van der Waals surface area contributed by atoms with Crippen LogP contribution in [-0.2, 0) is 9.47 Å². The van der Waals surface area contributed by atoms with Crippen molar-refractivity contribution in [1.29, 1.82) is 0 Å². The molecule has 2 aliphatic heterocycles. The fourth-order valence-electron chi connectivity index (χ4n) is 3.66. The first-order valence-electron chi connectivity index (χ1n) is 10.0. The monoisotopic (exact) mass is 503 g/mol. The molecule has 0 radical (unpaired) electrons. The molecule has 0 bridgehead atoms. The second-order valence-electron chi connectivity index (χ2n) is 7.86. The van der Waals surface area contributed by atoms with E-state index in [1.54, 1.807) is 7.05 Å². The molecule has 1 aromatic rings. The summed E-state index contributed by atoms with van der Waals surface area (Å²) in [5.74, 6) is 1.76.